The highest BCUT2D eigenvalue weighted by molar-refractivity contribution is 5.43. The fraction of sp³-hybridized carbons (Fsp3) is 0.700. The van der Waals surface area contributed by atoms with E-state index >= 15 is 0 Å². The monoisotopic (exact) mass is 319 g/mol. The number of benzene rings is 1. The molecule has 0 aromatic heterocycles. The van der Waals surface area contributed by atoms with Crippen molar-refractivity contribution in [2.45, 2.75) is 84.4 Å². The molecule has 0 atom stereocenters. The summed E-state index contributed by atoms with van der Waals surface area (Å²) in [6.07, 6.45) is 9.73. The van der Waals surface area contributed by atoms with Crippen LogP contribution in [0.3, 0.4) is 0 Å². The van der Waals surface area contributed by atoms with Crippen molar-refractivity contribution in [3.63, 3.8) is 0 Å². The van der Waals surface area contributed by atoms with Crippen LogP contribution in [0.4, 0.5) is 0 Å². The van der Waals surface area contributed by atoms with Crippen LogP contribution in [0.25, 0.3) is 0 Å². The first-order chi connectivity index (χ1) is 11.2. The topological polar surface area (TPSA) is 30.5 Å². The predicted molar refractivity (Wildman–Crippen MR) is 96.3 cm³/mol. The van der Waals surface area contributed by atoms with Gasteiger partial charge in [-0.25, -0.2) is 0 Å². The lowest BCUT2D eigenvalue weighted by Gasteiger charge is -2.21. The summed E-state index contributed by atoms with van der Waals surface area (Å²) in [7, 11) is 0. The van der Waals surface area contributed by atoms with E-state index < -0.39 is 0 Å². The minimum absolute atomic E-state index is 0.160. The van der Waals surface area contributed by atoms with Crippen LogP contribution in [0.5, 0.6) is 11.5 Å². The SMILES string of the molecule is CCOc1cc(CNC2CCCCCCC2)ccc1OC(C)C. The van der Waals surface area contributed by atoms with Gasteiger partial charge in [-0.2, -0.15) is 0 Å². The standard InChI is InChI=1S/C20H33NO2/c1-4-22-20-14-17(12-13-19(20)23-16(2)3)15-21-18-10-8-6-5-7-9-11-18/h12-14,16,18,21H,4-11,15H2,1-3H3. The van der Waals surface area contributed by atoms with Gasteiger partial charge in [0, 0.05) is 12.6 Å². The summed E-state index contributed by atoms with van der Waals surface area (Å²) >= 11 is 0. The largest absolute Gasteiger partial charge is 0.490 e. The van der Waals surface area contributed by atoms with Gasteiger partial charge < -0.3 is 14.8 Å². The number of ether oxygens (including phenoxy) is 2. The minimum Gasteiger partial charge on any atom is -0.490 e. The minimum atomic E-state index is 0.160. The number of nitrogens with one attached hydrogen (secondary N) is 1. The molecule has 130 valence electrons. The second-order valence-electron chi connectivity index (χ2n) is 6.80. The molecule has 0 bridgehead atoms. The molecule has 1 aromatic rings. The summed E-state index contributed by atoms with van der Waals surface area (Å²) in [6, 6.07) is 6.98. The summed E-state index contributed by atoms with van der Waals surface area (Å²) in [5, 5.41) is 3.74. The molecule has 1 aliphatic carbocycles. The zero-order valence-corrected chi connectivity index (χ0v) is 15.1. The molecule has 0 unspecified atom stereocenters. The average molecular weight is 319 g/mol. The van der Waals surface area contributed by atoms with Crippen LogP contribution in [0.1, 0.15) is 71.3 Å². The Bertz CT molecular complexity index is 451. The first-order valence-corrected chi connectivity index (χ1v) is 9.34. The molecular formula is C20H33NO2. The summed E-state index contributed by atoms with van der Waals surface area (Å²) in [4.78, 5) is 0. The molecule has 1 aromatic carbocycles. The molecule has 0 radical (unpaired) electrons. The second kappa shape index (κ2) is 9.82. The molecule has 1 fully saturated rings. The van der Waals surface area contributed by atoms with E-state index in [9.17, 15) is 0 Å². The highest BCUT2D eigenvalue weighted by atomic mass is 16.5. The van der Waals surface area contributed by atoms with Crippen molar-refractivity contribution in [1.82, 2.24) is 5.32 Å². The maximum Gasteiger partial charge on any atom is 0.161 e. The Labute approximate surface area is 141 Å². The van der Waals surface area contributed by atoms with Gasteiger partial charge in [0.15, 0.2) is 11.5 Å². The fourth-order valence-electron chi connectivity index (χ4n) is 3.20. The van der Waals surface area contributed by atoms with Crippen molar-refractivity contribution in [2.24, 2.45) is 0 Å². The van der Waals surface area contributed by atoms with Gasteiger partial charge in [0.25, 0.3) is 0 Å². The van der Waals surface area contributed by atoms with Crippen molar-refractivity contribution < 1.29 is 9.47 Å². The van der Waals surface area contributed by atoms with Gasteiger partial charge in [0.1, 0.15) is 0 Å². The molecule has 0 amide bonds. The highest BCUT2D eigenvalue weighted by Crippen LogP contribution is 2.29. The molecule has 0 heterocycles. The van der Waals surface area contributed by atoms with Crippen LogP contribution in [-0.2, 0) is 6.54 Å². The van der Waals surface area contributed by atoms with Crippen LogP contribution in [0.15, 0.2) is 18.2 Å². The van der Waals surface area contributed by atoms with Crippen molar-refractivity contribution in [3.05, 3.63) is 23.8 Å². The van der Waals surface area contributed by atoms with Crippen LogP contribution in [0.2, 0.25) is 0 Å². The van der Waals surface area contributed by atoms with E-state index in [1.54, 1.807) is 0 Å². The van der Waals surface area contributed by atoms with Crippen molar-refractivity contribution in [1.29, 1.82) is 0 Å². The van der Waals surface area contributed by atoms with E-state index in [4.69, 9.17) is 9.47 Å². The lowest BCUT2D eigenvalue weighted by atomic mass is 9.96. The normalized spacial score (nSPS) is 16.9. The fourth-order valence-corrected chi connectivity index (χ4v) is 3.20. The zero-order valence-electron chi connectivity index (χ0n) is 15.1. The van der Waals surface area contributed by atoms with Gasteiger partial charge in [-0.15, -0.1) is 0 Å². The van der Waals surface area contributed by atoms with Gasteiger partial charge >= 0.3 is 0 Å². The second-order valence-corrected chi connectivity index (χ2v) is 6.80. The molecule has 0 aliphatic heterocycles. The van der Waals surface area contributed by atoms with Crippen LogP contribution in [-0.4, -0.2) is 18.8 Å². The van der Waals surface area contributed by atoms with E-state index in [-0.39, 0.29) is 6.10 Å². The lowest BCUT2D eigenvalue weighted by Crippen LogP contribution is -2.29. The van der Waals surface area contributed by atoms with Crippen molar-refractivity contribution in [3.8, 4) is 11.5 Å². The Balaban J connectivity index is 1.94. The zero-order chi connectivity index (χ0) is 16.5. The van der Waals surface area contributed by atoms with Gasteiger partial charge in [-0.05, 0) is 51.3 Å². The maximum atomic E-state index is 5.83. The van der Waals surface area contributed by atoms with E-state index in [1.807, 2.05) is 26.8 Å². The summed E-state index contributed by atoms with van der Waals surface area (Å²) < 4.78 is 11.6. The average Bonchev–Trinajstić information content (AvgIpc) is 2.48. The van der Waals surface area contributed by atoms with Crippen LogP contribution >= 0.6 is 0 Å². The quantitative estimate of drug-likeness (QED) is 0.760. The van der Waals surface area contributed by atoms with Crippen molar-refractivity contribution >= 4 is 0 Å². The highest BCUT2D eigenvalue weighted by Gasteiger charge is 2.12. The van der Waals surface area contributed by atoms with Gasteiger partial charge in [-0.1, -0.05) is 38.2 Å². The molecule has 2 rings (SSSR count). The van der Waals surface area contributed by atoms with Gasteiger partial charge in [0.2, 0.25) is 0 Å². The molecule has 1 aliphatic rings. The van der Waals surface area contributed by atoms with Gasteiger partial charge in [0.05, 0.1) is 12.7 Å². The molecule has 3 nitrogen and oxygen atoms in total. The Hall–Kier alpha value is -1.22. The molecular weight excluding hydrogens is 286 g/mol. The first-order valence-electron chi connectivity index (χ1n) is 9.34. The summed E-state index contributed by atoms with van der Waals surface area (Å²) in [6.45, 7) is 7.67. The number of hydrogen-bond acceptors (Lipinski definition) is 3. The molecule has 0 saturated heterocycles. The molecule has 1 N–H and O–H groups in total. The van der Waals surface area contributed by atoms with E-state index in [2.05, 4.69) is 17.4 Å². The molecule has 0 spiro atoms. The first kappa shape index (κ1) is 18.1. The predicted octanol–water partition coefficient (Wildman–Crippen LogP) is 5.08. The van der Waals surface area contributed by atoms with E-state index in [0.717, 1.165) is 18.0 Å². The maximum absolute atomic E-state index is 5.83. The lowest BCUT2D eigenvalue weighted by molar-refractivity contribution is 0.223. The third kappa shape index (κ3) is 6.42. The Morgan fingerprint density at radius 2 is 1.74 bits per heavy atom. The number of hydrogen-bond donors (Lipinski definition) is 1. The van der Waals surface area contributed by atoms with Gasteiger partial charge in [-0.3, -0.25) is 0 Å². The van der Waals surface area contributed by atoms with E-state index in [1.165, 1.54) is 50.5 Å². The molecule has 3 heteroatoms. The third-order valence-corrected chi connectivity index (χ3v) is 4.37. The summed E-state index contributed by atoms with van der Waals surface area (Å²) in [5.41, 5.74) is 1.27. The number of rotatable bonds is 7. The molecule has 1 saturated carbocycles. The smallest absolute Gasteiger partial charge is 0.161 e. The molecule has 23 heavy (non-hydrogen) atoms. The Morgan fingerprint density at radius 1 is 1.04 bits per heavy atom. The van der Waals surface area contributed by atoms with Crippen molar-refractivity contribution in [2.75, 3.05) is 6.61 Å². The third-order valence-electron chi connectivity index (χ3n) is 4.37. The van der Waals surface area contributed by atoms with E-state index in [0.29, 0.717) is 12.6 Å². The summed E-state index contributed by atoms with van der Waals surface area (Å²) in [5.74, 6) is 1.70. The Kier molecular flexibility index (Phi) is 7.73. The van der Waals surface area contributed by atoms with Crippen LogP contribution in [0, 0.1) is 0 Å². The van der Waals surface area contributed by atoms with Crippen LogP contribution < -0.4 is 14.8 Å². The Morgan fingerprint density at radius 3 is 2.39 bits per heavy atom.